The average molecular weight is 696 g/mol. The Kier molecular flexibility index (Phi) is 8.80. The second-order valence-corrected chi connectivity index (χ2v) is 11.1. The molecule has 0 unspecified atom stereocenters. The number of amides is 5. The first kappa shape index (κ1) is 28.8. The van der Waals surface area contributed by atoms with Crippen molar-refractivity contribution in [3.8, 4) is 5.75 Å². The Morgan fingerprint density at radius 3 is 2.46 bits per heavy atom. The van der Waals surface area contributed by atoms with E-state index in [1.54, 1.807) is 12.1 Å². The highest BCUT2D eigenvalue weighted by Crippen LogP contribution is 2.36. The van der Waals surface area contributed by atoms with Crippen molar-refractivity contribution in [1.82, 2.24) is 5.32 Å². The van der Waals surface area contributed by atoms with E-state index in [2.05, 4.69) is 42.5 Å². The van der Waals surface area contributed by atoms with Crippen molar-refractivity contribution < 1.29 is 23.9 Å². The molecule has 4 rings (SSSR count). The highest BCUT2D eigenvalue weighted by atomic mass is 79.9. The minimum absolute atomic E-state index is 0.125. The summed E-state index contributed by atoms with van der Waals surface area (Å²) in [7, 11) is 0. The zero-order chi connectivity index (χ0) is 28.4. The maximum absolute atomic E-state index is 13.3. The highest BCUT2D eigenvalue weighted by Gasteiger charge is 2.37. The third-order valence-electron chi connectivity index (χ3n) is 5.60. The van der Waals surface area contributed by atoms with E-state index in [0.29, 0.717) is 20.2 Å². The van der Waals surface area contributed by atoms with E-state index in [1.165, 1.54) is 24.3 Å². The highest BCUT2D eigenvalue weighted by molar-refractivity contribution is 9.11. The van der Waals surface area contributed by atoms with Gasteiger partial charge >= 0.3 is 6.03 Å². The molecule has 200 valence electrons. The van der Waals surface area contributed by atoms with Crippen molar-refractivity contribution in [3.05, 3.63) is 89.8 Å². The zero-order valence-electron chi connectivity index (χ0n) is 20.4. The lowest BCUT2D eigenvalue weighted by Gasteiger charge is -2.26. The number of ether oxygens (including phenoxy) is 1. The molecule has 3 aromatic rings. The van der Waals surface area contributed by atoms with Crippen molar-refractivity contribution >= 4 is 96.3 Å². The van der Waals surface area contributed by atoms with Gasteiger partial charge < -0.3 is 10.1 Å². The van der Waals surface area contributed by atoms with Crippen LogP contribution >= 0.6 is 55.1 Å². The molecule has 0 spiro atoms. The van der Waals surface area contributed by atoms with Gasteiger partial charge in [0.05, 0.1) is 20.2 Å². The van der Waals surface area contributed by atoms with Crippen molar-refractivity contribution in [2.45, 2.75) is 13.8 Å². The van der Waals surface area contributed by atoms with Crippen molar-refractivity contribution in [3.63, 3.8) is 0 Å². The number of nitrogens with zero attached hydrogens (tertiary/aromatic N) is 1. The second kappa shape index (κ2) is 11.9. The number of nitrogens with one attached hydrogen (secondary N) is 2. The van der Waals surface area contributed by atoms with Crippen LogP contribution in [0.2, 0.25) is 10.0 Å². The van der Waals surface area contributed by atoms with Gasteiger partial charge in [0.25, 0.3) is 17.7 Å². The molecule has 1 saturated heterocycles. The van der Waals surface area contributed by atoms with Gasteiger partial charge in [-0.1, -0.05) is 56.8 Å². The quantitative estimate of drug-likeness (QED) is 0.218. The topological polar surface area (TPSA) is 105 Å². The Hall–Kier alpha value is -3.18. The molecule has 1 aliphatic rings. The number of anilines is 2. The lowest BCUT2D eigenvalue weighted by molar-refractivity contribution is -0.122. The van der Waals surface area contributed by atoms with Crippen LogP contribution in [-0.2, 0) is 14.4 Å². The molecule has 0 aliphatic carbocycles. The molecule has 0 aromatic heterocycles. The summed E-state index contributed by atoms with van der Waals surface area (Å²) in [5, 5.41) is 5.32. The monoisotopic (exact) mass is 693 g/mol. The van der Waals surface area contributed by atoms with Gasteiger partial charge in [-0.2, -0.15) is 0 Å². The third kappa shape index (κ3) is 6.52. The summed E-state index contributed by atoms with van der Waals surface area (Å²) >= 11 is 18.8. The smallest absolute Gasteiger partial charge is 0.335 e. The number of rotatable bonds is 6. The summed E-state index contributed by atoms with van der Waals surface area (Å²) in [5.41, 5.74) is 2.72. The SMILES string of the molecule is Cc1ccc(NC(=O)COc2c(Br)cc(Br)cc2/C=C2/C(=O)NC(=O)N(c3ccc(Cl)c(Cl)c3)C2=O)c(C)c1. The van der Waals surface area contributed by atoms with Crippen LogP contribution in [0, 0.1) is 13.8 Å². The van der Waals surface area contributed by atoms with Crippen LogP contribution in [-0.4, -0.2) is 30.4 Å². The van der Waals surface area contributed by atoms with Gasteiger partial charge in [-0.25, -0.2) is 9.69 Å². The number of imide groups is 2. The summed E-state index contributed by atoms with van der Waals surface area (Å²) in [4.78, 5) is 52.0. The van der Waals surface area contributed by atoms with Crippen molar-refractivity contribution in [1.29, 1.82) is 0 Å². The van der Waals surface area contributed by atoms with Crippen molar-refractivity contribution in [2.75, 3.05) is 16.8 Å². The summed E-state index contributed by atoms with van der Waals surface area (Å²) in [6.45, 7) is 3.49. The first-order valence-electron chi connectivity index (χ1n) is 11.3. The molecule has 0 atom stereocenters. The fraction of sp³-hybridized carbons (Fsp3) is 0.111. The average Bonchev–Trinajstić information content (AvgIpc) is 2.85. The van der Waals surface area contributed by atoms with Crippen LogP contribution < -0.4 is 20.3 Å². The maximum atomic E-state index is 13.3. The second-order valence-electron chi connectivity index (χ2n) is 8.52. The van der Waals surface area contributed by atoms with Gasteiger partial charge in [-0.3, -0.25) is 19.7 Å². The van der Waals surface area contributed by atoms with Gasteiger partial charge in [0.1, 0.15) is 11.3 Å². The van der Waals surface area contributed by atoms with Crippen LogP contribution in [0.3, 0.4) is 0 Å². The lowest BCUT2D eigenvalue weighted by atomic mass is 10.1. The molecule has 1 fully saturated rings. The van der Waals surface area contributed by atoms with E-state index in [9.17, 15) is 19.2 Å². The first-order valence-corrected chi connectivity index (χ1v) is 13.6. The predicted molar refractivity (Wildman–Crippen MR) is 157 cm³/mol. The standard InChI is InChI=1S/C27H19Br2Cl2N3O5/c1-13-3-6-22(14(2)7-13)32-23(35)12-39-24-15(8-16(28)10-19(24)29)9-18-25(36)33-27(38)34(26(18)37)17-4-5-20(30)21(31)11-17/h3-11H,12H2,1-2H3,(H,32,35)(H,33,36,38)/b18-9-. The van der Waals surface area contributed by atoms with Crippen LogP contribution in [0.1, 0.15) is 16.7 Å². The minimum Gasteiger partial charge on any atom is -0.482 e. The molecule has 1 heterocycles. The number of urea groups is 1. The lowest BCUT2D eigenvalue weighted by Crippen LogP contribution is -2.54. The Balaban J connectivity index is 1.63. The predicted octanol–water partition coefficient (Wildman–Crippen LogP) is 6.82. The molecular formula is C27H19Br2Cl2N3O5. The molecule has 8 nitrogen and oxygen atoms in total. The van der Waals surface area contributed by atoms with E-state index in [1.807, 2.05) is 32.0 Å². The fourth-order valence-corrected chi connectivity index (χ4v) is 5.45. The Bertz CT molecular complexity index is 1580. The largest absolute Gasteiger partial charge is 0.482 e. The van der Waals surface area contributed by atoms with E-state index in [-0.39, 0.29) is 33.7 Å². The number of halogens is 4. The van der Waals surface area contributed by atoms with Crippen LogP contribution in [0.4, 0.5) is 16.2 Å². The third-order valence-corrected chi connectivity index (χ3v) is 7.39. The van der Waals surface area contributed by atoms with E-state index >= 15 is 0 Å². The summed E-state index contributed by atoms with van der Waals surface area (Å²) < 4.78 is 6.88. The van der Waals surface area contributed by atoms with E-state index in [0.717, 1.165) is 16.0 Å². The molecule has 2 N–H and O–H groups in total. The van der Waals surface area contributed by atoms with Crippen LogP contribution in [0.5, 0.6) is 5.75 Å². The van der Waals surface area contributed by atoms with Crippen LogP contribution in [0.25, 0.3) is 6.08 Å². The van der Waals surface area contributed by atoms with Crippen molar-refractivity contribution in [2.24, 2.45) is 0 Å². The van der Waals surface area contributed by atoms with Gasteiger partial charge in [0, 0.05) is 15.7 Å². The molecule has 39 heavy (non-hydrogen) atoms. The van der Waals surface area contributed by atoms with Gasteiger partial charge in [-0.05, 0) is 77.8 Å². The first-order chi connectivity index (χ1) is 18.4. The molecule has 3 aromatic carbocycles. The summed E-state index contributed by atoms with van der Waals surface area (Å²) in [6.07, 6.45) is 1.28. The van der Waals surface area contributed by atoms with Gasteiger partial charge in [-0.15, -0.1) is 0 Å². The molecule has 1 aliphatic heterocycles. The van der Waals surface area contributed by atoms with E-state index < -0.39 is 23.8 Å². The van der Waals surface area contributed by atoms with Crippen LogP contribution in [0.15, 0.2) is 63.0 Å². The molecule has 0 radical (unpaired) electrons. The molecular weight excluding hydrogens is 677 g/mol. The maximum Gasteiger partial charge on any atom is 0.335 e. The Morgan fingerprint density at radius 1 is 1.03 bits per heavy atom. The van der Waals surface area contributed by atoms with Gasteiger partial charge in [0.15, 0.2) is 6.61 Å². The number of barbiturate groups is 1. The van der Waals surface area contributed by atoms with Gasteiger partial charge in [0.2, 0.25) is 0 Å². The number of benzene rings is 3. The number of carbonyl (C=O) groups is 4. The number of hydrogen-bond donors (Lipinski definition) is 2. The Morgan fingerprint density at radius 2 is 1.77 bits per heavy atom. The minimum atomic E-state index is -0.935. The Labute approximate surface area is 250 Å². The number of carbonyl (C=O) groups excluding carboxylic acids is 4. The molecule has 5 amide bonds. The molecule has 0 saturated carbocycles. The number of aryl methyl sites for hydroxylation is 2. The zero-order valence-corrected chi connectivity index (χ0v) is 25.1. The number of hydrogen-bond acceptors (Lipinski definition) is 5. The molecule has 0 bridgehead atoms. The summed E-state index contributed by atoms with van der Waals surface area (Å²) in [5.74, 6) is -1.97. The fourth-order valence-electron chi connectivity index (χ4n) is 3.79. The summed E-state index contributed by atoms with van der Waals surface area (Å²) in [6, 6.07) is 12.2. The van der Waals surface area contributed by atoms with E-state index in [4.69, 9.17) is 27.9 Å². The normalized spacial score (nSPS) is 14.5. The molecule has 12 heteroatoms.